The first-order chi connectivity index (χ1) is 8.29. The summed E-state index contributed by atoms with van der Waals surface area (Å²) in [5, 5.41) is 0.863. The van der Waals surface area contributed by atoms with E-state index in [2.05, 4.69) is 15.0 Å². The number of aldehydes is 1. The lowest BCUT2D eigenvalue weighted by atomic mass is 10.1. The highest BCUT2D eigenvalue weighted by atomic mass is 16.1. The summed E-state index contributed by atoms with van der Waals surface area (Å²) in [6, 6.07) is 0. The molecule has 0 aliphatic heterocycles. The predicted molar refractivity (Wildman–Crippen MR) is 65.2 cm³/mol. The molecule has 88 valence electrons. The molecule has 17 heavy (non-hydrogen) atoms. The summed E-state index contributed by atoms with van der Waals surface area (Å²) in [5.41, 5.74) is 2.34. The highest BCUT2D eigenvalue weighted by molar-refractivity contribution is 5.96. The molecule has 4 nitrogen and oxygen atoms in total. The van der Waals surface area contributed by atoms with Crippen LogP contribution in [-0.2, 0) is 0 Å². The van der Waals surface area contributed by atoms with E-state index < -0.39 is 0 Å². The highest BCUT2D eigenvalue weighted by Crippen LogP contribution is 2.33. The minimum atomic E-state index is 0.501. The molecule has 1 aliphatic carbocycles. The summed E-state index contributed by atoms with van der Waals surface area (Å²) in [6.07, 6.45) is 7.48. The Morgan fingerprint density at radius 1 is 1.35 bits per heavy atom. The summed E-state index contributed by atoms with van der Waals surface area (Å²) in [5.74, 6) is 1.44. The Bertz CT molecular complexity index is 567. The molecule has 2 heterocycles. The minimum absolute atomic E-state index is 0.501. The fourth-order valence-electron chi connectivity index (χ4n) is 2.72. The van der Waals surface area contributed by atoms with E-state index in [-0.39, 0.29) is 0 Å². The average molecular weight is 229 g/mol. The van der Waals surface area contributed by atoms with Crippen LogP contribution < -0.4 is 0 Å². The molecule has 0 bridgehead atoms. The van der Waals surface area contributed by atoms with E-state index in [9.17, 15) is 4.79 Å². The molecule has 0 spiro atoms. The number of nitrogens with zero attached hydrogens (tertiary/aromatic N) is 2. The summed E-state index contributed by atoms with van der Waals surface area (Å²) in [7, 11) is 0. The molecule has 0 unspecified atom stereocenters. The van der Waals surface area contributed by atoms with E-state index in [1.54, 1.807) is 6.20 Å². The monoisotopic (exact) mass is 229 g/mol. The van der Waals surface area contributed by atoms with Gasteiger partial charge < -0.3 is 4.98 Å². The number of carbonyl (C=O) groups excluding carboxylic acids is 1. The molecule has 2 aromatic rings. The molecule has 1 N–H and O–H groups in total. The Morgan fingerprint density at radius 3 is 2.82 bits per heavy atom. The smallest absolute Gasteiger partial charge is 0.152 e. The summed E-state index contributed by atoms with van der Waals surface area (Å²) in [4.78, 5) is 23.1. The van der Waals surface area contributed by atoms with Crippen molar-refractivity contribution >= 4 is 17.3 Å². The van der Waals surface area contributed by atoms with Crippen molar-refractivity contribution < 1.29 is 4.79 Å². The van der Waals surface area contributed by atoms with E-state index in [0.717, 1.165) is 28.8 Å². The number of H-pyrrole nitrogens is 1. The number of fused-ring (bicyclic) bond motifs is 1. The van der Waals surface area contributed by atoms with E-state index in [0.29, 0.717) is 11.5 Å². The van der Waals surface area contributed by atoms with Gasteiger partial charge in [-0.15, -0.1) is 0 Å². The average Bonchev–Trinajstić information content (AvgIpc) is 2.97. The van der Waals surface area contributed by atoms with Gasteiger partial charge in [-0.2, -0.15) is 0 Å². The van der Waals surface area contributed by atoms with Gasteiger partial charge in [0.05, 0.1) is 11.1 Å². The van der Waals surface area contributed by atoms with Crippen LogP contribution in [0.2, 0.25) is 0 Å². The minimum Gasteiger partial charge on any atom is -0.345 e. The molecular formula is C13H15N3O. The third kappa shape index (κ3) is 1.64. The molecule has 4 heteroatoms. The van der Waals surface area contributed by atoms with Crippen LogP contribution in [0.4, 0.5) is 0 Å². The van der Waals surface area contributed by atoms with Gasteiger partial charge in [0, 0.05) is 17.7 Å². The van der Waals surface area contributed by atoms with Crippen LogP contribution in [0.25, 0.3) is 11.0 Å². The SMILES string of the molecule is Cc1nc(C2CCCC2)nc2[nH]cc(C=O)c12. The van der Waals surface area contributed by atoms with Gasteiger partial charge in [0.1, 0.15) is 11.5 Å². The molecule has 0 saturated heterocycles. The zero-order valence-corrected chi connectivity index (χ0v) is 9.86. The Hall–Kier alpha value is -1.71. The normalized spacial score (nSPS) is 16.8. The van der Waals surface area contributed by atoms with Crippen LogP contribution in [0.3, 0.4) is 0 Å². The zero-order chi connectivity index (χ0) is 11.8. The third-order valence-corrected chi connectivity index (χ3v) is 3.61. The van der Waals surface area contributed by atoms with E-state index in [1.807, 2.05) is 6.92 Å². The van der Waals surface area contributed by atoms with Crippen LogP contribution >= 0.6 is 0 Å². The van der Waals surface area contributed by atoms with Gasteiger partial charge in [-0.05, 0) is 19.8 Å². The number of rotatable bonds is 2. The van der Waals surface area contributed by atoms with Crippen molar-refractivity contribution in [2.24, 2.45) is 0 Å². The van der Waals surface area contributed by atoms with Crippen LogP contribution in [0.1, 0.15) is 53.5 Å². The number of aromatic amines is 1. The molecular weight excluding hydrogens is 214 g/mol. The van der Waals surface area contributed by atoms with Crippen molar-refractivity contribution in [3.8, 4) is 0 Å². The Kier molecular flexibility index (Phi) is 2.42. The van der Waals surface area contributed by atoms with Gasteiger partial charge in [0.15, 0.2) is 6.29 Å². The van der Waals surface area contributed by atoms with Crippen LogP contribution in [0, 0.1) is 6.92 Å². The van der Waals surface area contributed by atoms with Crippen molar-refractivity contribution in [1.82, 2.24) is 15.0 Å². The molecule has 0 radical (unpaired) electrons. The number of carbonyl (C=O) groups is 1. The number of nitrogens with one attached hydrogen (secondary N) is 1. The first kappa shape index (κ1) is 10.4. The molecule has 1 saturated carbocycles. The number of hydrogen-bond donors (Lipinski definition) is 1. The van der Waals surface area contributed by atoms with Gasteiger partial charge in [0.25, 0.3) is 0 Å². The predicted octanol–water partition coefficient (Wildman–Crippen LogP) is 2.74. The second-order valence-corrected chi connectivity index (χ2v) is 4.73. The molecule has 1 fully saturated rings. The first-order valence-corrected chi connectivity index (χ1v) is 6.10. The molecule has 2 aromatic heterocycles. The number of hydrogen-bond acceptors (Lipinski definition) is 3. The van der Waals surface area contributed by atoms with Crippen molar-refractivity contribution in [2.75, 3.05) is 0 Å². The van der Waals surface area contributed by atoms with Crippen LogP contribution in [-0.4, -0.2) is 21.2 Å². The largest absolute Gasteiger partial charge is 0.345 e. The van der Waals surface area contributed by atoms with Crippen molar-refractivity contribution in [3.63, 3.8) is 0 Å². The first-order valence-electron chi connectivity index (χ1n) is 6.10. The topological polar surface area (TPSA) is 58.6 Å². The van der Waals surface area contributed by atoms with E-state index >= 15 is 0 Å². The Labute approximate surface area is 99.5 Å². The zero-order valence-electron chi connectivity index (χ0n) is 9.86. The lowest BCUT2D eigenvalue weighted by Crippen LogP contribution is -2.02. The van der Waals surface area contributed by atoms with Crippen molar-refractivity contribution in [2.45, 2.75) is 38.5 Å². The Morgan fingerprint density at radius 2 is 2.12 bits per heavy atom. The van der Waals surface area contributed by atoms with E-state index in [1.165, 1.54) is 25.7 Å². The molecule has 3 rings (SSSR count). The quantitative estimate of drug-likeness (QED) is 0.805. The van der Waals surface area contributed by atoms with Crippen molar-refractivity contribution in [1.29, 1.82) is 0 Å². The molecule has 0 amide bonds. The second kappa shape index (κ2) is 3.95. The summed E-state index contributed by atoms with van der Waals surface area (Å²) in [6.45, 7) is 1.95. The van der Waals surface area contributed by atoms with Crippen LogP contribution in [0.15, 0.2) is 6.20 Å². The fourth-order valence-corrected chi connectivity index (χ4v) is 2.72. The lowest BCUT2D eigenvalue weighted by Gasteiger charge is -2.08. The molecule has 0 aromatic carbocycles. The number of aromatic nitrogens is 3. The van der Waals surface area contributed by atoms with Gasteiger partial charge in [-0.25, -0.2) is 9.97 Å². The maximum absolute atomic E-state index is 10.9. The van der Waals surface area contributed by atoms with Crippen molar-refractivity contribution in [3.05, 3.63) is 23.3 Å². The van der Waals surface area contributed by atoms with Crippen LogP contribution in [0.5, 0.6) is 0 Å². The maximum Gasteiger partial charge on any atom is 0.152 e. The summed E-state index contributed by atoms with van der Waals surface area (Å²) < 4.78 is 0. The standard InChI is InChI=1S/C13H15N3O/c1-8-11-10(7-17)6-14-13(11)16-12(15-8)9-4-2-3-5-9/h6-7,9H,2-5H2,1H3,(H,14,15,16). The lowest BCUT2D eigenvalue weighted by molar-refractivity contribution is 0.112. The third-order valence-electron chi connectivity index (χ3n) is 3.61. The van der Waals surface area contributed by atoms with Gasteiger partial charge in [0.2, 0.25) is 0 Å². The Balaban J connectivity index is 2.14. The molecule has 1 aliphatic rings. The van der Waals surface area contributed by atoms with Gasteiger partial charge >= 0.3 is 0 Å². The molecule has 0 atom stereocenters. The number of aryl methyl sites for hydroxylation is 1. The highest BCUT2D eigenvalue weighted by Gasteiger charge is 2.21. The van der Waals surface area contributed by atoms with Gasteiger partial charge in [-0.1, -0.05) is 12.8 Å². The fraction of sp³-hybridized carbons (Fsp3) is 0.462. The summed E-state index contributed by atoms with van der Waals surface area (Å²) >= 11 is 0. The van der Waals surface area contributed by atoms with Gasteiger partial charge in [-0.3, -0.25) is 4.79 Å². The maximum atomic E-state index is 10.9. The van der Waals surface area contributed by atoms with E-state index in [4.69, 9.17) is 0 Å². The second-order valence-electron chi connectivity index (χ2n) is 4.73.